The van der Waals surface area contributed by atoms with E-state index in [0.29, 0.717) is 6.61 Å². The Balaban J connectivity index is 2.88. The third-order valence-corrected chi connectivity index (χ3v) is 3.50. The van der Waals surface area contributed by atoms with Crippen LogP contribution in [0.25, 0.3) is 0 Å². The zero-order valence-electron chi connectivity index (χ0n) is 12.0. The van der Waals surface area contributed by atoms with Crippen molar-refractivity contribution in [3.8, 4) is 0 Å². The molecule has 1 aromatic rings. The maximum atomic E-state index is 12.2. The van der Waals surface area contributed by atoms with Crippen molar-refractivity contribution >= 4 is 17.5 Å². The molecule has 0 aliphatic carbocycles. The standard InChI is InChI=1S/C15H22ClNO2/c1-5-12-8-6-7-10(2)13(12)14(16)15(18)17-11(3)9-19-4/h6-8,11,14H,5,9H2,1-4H3,(H,17,18). The van der Waals surface area contributed by atoms with Gasteiger partial charge in [0.2, 0.25) is 5.91 Å². The van der Waals surface area contributed by atoms with Crippen LogP contribution in [0.1, 0.15) is 35.9 Å². The number of carbonyl (C=O) groups excluding carboxylic acids is 1. The number of aryl methyl sites for hydroxylation is 2. The average molecular weight is 284 g/mol. The molecule has 106 valence electrons. The van der Waals surface area contributed by atoms with Gasteiger partial charge in [-0.15, -0.1) is 11.6 Å². The van der Waals surface area contributed by atoms with Crippen molar-refractivity contribution in [1.82, 2.24) is 5.32 Å². The van der Waals surface area contributed by atoms with Crippen LogP contribution in [0.3, 0.4) is 0 Å². The van der Waals surface area contributed by atoms with Gasteiger partial charge in [-0.05, 0) is 37.0 Å². The van der Waals surface area contributed by atoms with Gasteiger partial charge in [-0.25, -0.2) is 0 Å². The second kappa shape index (κ2) is 7.51. The second-order valence-electron chi connectivity index (χ2n) is 4.73. The highest BCUT2D eigenvalue weighted by Crippen LogP contribution is 2.28. The highest BCUT2D eigenvalue weighted by Gasteiger charge is 2.23. The first-order valence-electron chi connectivity index (χ1n) is 6.53. The fourth-order valence-electron chi connectivity index (χ4n) is 2.15. The minimum atomic E-state index is -0.657. The van der Waals surface area contributed by atoms with E-state index in [0.717, 1.165) is 23.1 Å². The Bertz CT molecular complexity index is 434. The molecule has 0 aliphatic rings. The summed E-state index contributed by atoms with van der Waals surface area (Å²) in [4.78, 5) is 12.2. The second-order valence-corrected chi connectivity index (χ2v) is 5.17. The van der Waals surface area contributed by atoms with Crippen LogP contribution in [0.15, 0.2) is 18.2 Å². The van der Waals surface area contributed by atoms with Gasteiger partial charge in [0, 0.05) is 13.2 Å². The highest BCUT2D eigenvalue weighted by atomic mass is 35.5. The van der Waals surface area contributed by atoms with Crippen LogP contribution >= 0.6 is 11.6 Å². The molecule has 1 aromatic carbocycles. The largest absolute Gasteiger partial charge is 0.383 e. The molecule has 2 atom stereocenters. The van der Waals surface area contributed by atoms with E-state index in [2.05, 4.69) is 12.2 Å². The summed E-state index contributed by atoms with van der Waals surface area (Å²) >= 11 is 6.34. The third kappa shape index (κ3) is 4.22. The molecule has 0 fully saturated rings. The first-order chi connectivity index (χ1) is 9.01. The summed E-state index contributed by atoms with van der Waals surface area (Å²) in [6.45, 7) is 6.41. The number of methoxy groups -OCH3 is 1. The number of hydrogen-bond donors (Lipinski definition) is 1. The molecule has 0 saturated heterocycles. The number of nitrogens with one attached hydrogen (secondary N) is 1. The van der Waals surface area contributed by atoms with E-state index in [4.69, 9.17) is 16.3 Å². The SMILES string of the molecule is CCc1cccc(C)c1C(Cl)C(=O)NC(C)COC. The smallest absolute Gasteiger partial charge is 0.242 e. The Morgan fingerprint density at radius 1 is 1.47 bits per heavy atom. The van der Waals surface area contributed by atoms with Gasteiger partial charge in [-0.2, -0.15) is 0 Å². The summed E-state index contributed by atoms with van der Waals surface area (Å²) in [5.41, 5.74) is 3.09. The van der Waals surface area contributed by atoms with Crippen LogP contribution in [-0.2, 0) is 16.0 Å². The average Bonchev–Trinajstić information content (AvgIpc) is 2.37. The van der Waals surface area contributed by atoms with Crippen molar-refractivity contribution < 1.29 is 9.53 Å². The Morgan fingerprint density at radius 3 is 2.74 bits per heavy atom. The van der Waals surface area contributed by atoms with Gasteiger partial charge >= 0.3 is 0 Å². The lowest BCUT2D eigenvalue weighted by atomic mass is 9.96. The van der Waals surface area contributed by atoms with Gasteiger partial charge < -0.3 is 10.1 Å². The monoisotopic (exact) mass is 283 g/mol. The van der Waals surface area contributed by atoms with Gasteiger partial charge in [-0.1, -0.05) is 25.1 Å². The number of halogens is 1. The molecule has 1 N–H and O–H groups in total. The zero-order chi connectivity index (χ0) is 14.4. The summed E-state index contributed by atoms with van der Waals surface area (Å²) in [6, 6.07) is 5.94. The fourth-order valence-corrected chi connectivity index (χ4v) is 2.53. The molecule has 0 heterocycles. The molecule has 0 bridgehead atoms. The Kier molecular flexibility index (Phi) is 6.32. The van der Waals surface area contributed by atoms with Crippen LogP contribution in [0.4, 0.5) is 0 Å². The number of ether oxygens (including phenoxy) is 1. The lowest BCUT2D eigenvalue weighted by molar-refractivity contribution is -0.121. The van der Waals surface area contributed by atoms with Crippen LogP contribution in [-0.4, -0.2) is 25.7 Å². The number of carbonyl (C=O) groups is 1. The van der Waals surface area contributed by atoms with Crippen LogP contribution in [0, 0.1) is 6.92 Å². The quantitative estimate of drug-likeness (QED) is 0.815. The van der Waals surface area contributed by atoms with Gasteiger partial charge in [0.05, 0.1) is 6.61 Å². The van der Waals surface area contributed by atoms with E-state index in [-0.39, 0.29) is 11.9 Å². The van der Waals surface area contributed by atoms with Crippen LogP contribution < -0.4 is 5.32 Å². The molecule has 0 radical (unpaired) electrons. The molecule has 0 saturated carbocycles. The van der Waals surface area contributed by atoms with Gasteiger partial charge in [0.25, 0.3) is 0 Å². The summed E-state index contributed by atoms with van der Waals surface area (Å²) in [5, 5.41) is 2.20. The molecular formula is C15H22ClNO2. The van der Waals surface area contributed by atoms with E-state index in [1.807, 2.05) is 32.0 Å². The van der Waals surface area contributed by atoms with E-state index in [1.54, 1.807) is 7.11 Å². The van der Waals surface area contributed by atoms with E-state index < -0.39 is 5.38 Å². The number of amides is 1. The van der Waals surface area contributed by atoms with Crippen molar-refractivity contribution in [2.75, 3.05) is 13.7 Å². The predicted octanol–water partition coefficient (Wildman–Crippen LogP) is 2.99. The van der Waals surface area contributed by atoms with Gasteiger partial charge in [0.1, 0.15) is 5.38 Å². The number of benzene rings is 1. The van der Waals surface area contributed by atoms with Crippen LogP contribution in [0.2, 0.25) is 0 Å². The fraction of sp³-hybridized carbons (Fsp3) is 0.533. The molecular weight excluding hydrogens is 262 g/mol. The maximum Gasteiger partial charge on any atom is 0.242 e. The Hall–Kier alpha value is -1.06. The first kappa shape index (κ1) is 16.0. The first-order valence-corrected chi connectivity index (χ1v) is 6.96. The Labute approximate surface area is 120 Å². The summed E-state index contributed by atoms with van der Waals surface area (Å²) < 4.78 is 5.00. The summed E-state index contributed by atoms with van der Waals surface area (Å²) in [6.07, 6.45) is 0.862. The van der Waals surface area contributed by atoms with Crippen LogP contribution in [0.5, 0.6) is 0 Å². The summed E-state index contributed by atoms with van der Waals surface area (Å²) in [7, 11) is 1.61. The van der Waals surface area contributed by atoms with Gasteiger partial charge in [0.15, 0.2) is 0 Å². The molecule has 0 aromatic heterocycles. The number of rotatable bonds is 6. The molecule has 2 unspecified atom stereocenters. The topological polar surface area (TPSA) is 38.3 Å². The molecule has 1 amide bonds. The van der Waals surface area contributed by atoms with Crippen molar-refractivity contribution in [2.24, 2.45) is 0 Å². The normalized spacial score (nSPS) is 13.9. The molecule has 4 heteroatoms. The third-order valence-electron chi connectivity index (χ3n) is 3.08. The highest BCUT2D eigenvalue weighted by molar-refractivity contribution is 6.31. The molecule has 0 spiro atoms. The van der Waals surface area contributed by atoms with E-state index >= 15 is 0 Å². The maximum absolute atomic E-state index is 12.2. The lowest BCUT2D eigenvalue weighted by Crippen LogP contribution is -2.37. The van der Waals surface area contributed by atoms with Crippen molar-refractivity contribution in [3.63, 3.8) is 0 Å². The van der Waals surface area contributed by atoms with Crippen molar-refractivity contribution in [1.29, 1.82) is 0 Å². The van der Waals surface area contributed by atoms with E-state index in [1.165, 1.54) is 0 Å². The minimum absolute atomic E-state index is 0.0483. The minimum Gasteiger partial charge on any atom is -0.383 e. The summed E-state index contributed by atoms with van der Waals surface area (Å²) in [5.74, 6) is -0.171. The van der Waals surface area contributed by atoms with Crippen molar-refractivity contribution in [2.45, 2.75) is 38.6 Å². The van der Waals surface area contributed by atoms with Gasteiger partial charge in [-0.3, -0.25) is 4.79 Å². The Morgan fingerprint density at radius 2 is 2.16 bits per heavy atom. The van der Waals surface area contributed by atoms with E-state index in [9.17, 15) is 4.79 Å². The number of hydrogen-bond acceptors (Lipinski definition) is 2. The molecule has 0 aliphatic heterocycles. The lowest BCUT2D eigenvalue weighted by Gasteiger charge is -2.19. The predicted molar refractivity (Wildman–Crippen MR) is 78.6 cm³/mol. The zero-order valence-corrected chi connectivity index (χ0v) is 12.8. The molecule has 1 rings (SSSR count). The molecule has 3 nitrogen and oxygen atoms in total. The molecule has 19 heavy (non-hydrogen) atoms. The number of alkyl halides is 1. The van der Waals surface area contributed by atoms with Crippen molar-refractivity contribution in [3.05, 3.63) is 34.9 Å².